The largest absolute Gasteiger partial charge is 0.481 e. The van der Waals surface area contributed by atoms with Crippen LogP contribution in [0.5, 0.6) is 0 Å². The average Bonchev–Trinajstić information content (AvgIpc) is 1.96. The van der Waals surface area contributed by atoms with Crippen LogP contribution < -0.4 is 0 Å². The molecule has 0 aromatic rings. The standard InChI is InChI=1S/C8H18O2.C2H4O2/c1-7(9)5-3-4-6-8(2)10;1-2(3)4/h7-10H,3-6H2,1-2H3;1H3,(H,3,4). The smallest absolute Gasteiger partial charge is 0.300 e. The Morgan fingerprint density at radius 2 is 1.29 bits per heavy atom. The van der Waals surface area contributed by atoms with Crippen LogP contribution in [0.25, 0.3) is 0 Å². The molecule has 0 spiro atoms. The number of carbonyl (C=O) groups is 1. The molecular formula is C10H22O4. The monoisotopic (exact) mass is 206 g/mol. The minimum atomic E-state index is -0.833. The summed E-state index contributed by atoms with van der Waals surface area (Å²) < 4.78 is 0. The molecule has 0 aromatic carbocycles. The summed E-state index contributed by atoms with van der Waals surface area (Å²) in [6.07, 6.45) is 3.37. The van der Waals surface area contributed by atoms with Crippen molar-refractivity contribution in [2.24, 2.45) is 0 Å². The molecule has 0 aliphatic carbocycles. The Hall–Kier alpha value is -0.610. The topological polar surface area (TPSA) is 77.8 Å². The third-order valence-corrected chi connectivity index (χ3v) is 1.49. The summed E-state index contributed by atoms with van der Waals surface area (Å²) in [5, 5.41) is 25.1. The van der Waals surface area contributed by atoms with Crippen LogP contribution in [0.1, 0.15) is 46.5 Å². The van der Waals surface area contributed by atoms with E-state index < -0.39 is 5.97 Å². The quantitative estimate of drug-likeness (QED) is 0.594. The van der Waals surface area contributed by atoms with Crippen molar-refractivity contribution in [3.05, 3.63) is 0 Å². The number of hydrogen-bond acceptors (Lipinski definition) is 3. The lowest BCUT2D eigenvalue weighted by Crippen LogP contribution is -2.02. The van der Waals surface area contributed by atoms with Crippen LogP contribution in [0.15, 0.2) is 0 Å². The van der Waals surface area contributed by atoms with E-state index in [1.54, 1.807) is 13.8 Å². The molecule has 3 N–H and O–H groups in total. The van der Waals surface area contributed by atoms with E-state index in [1.807, 2.05) is 0 Å². The predicted octanol–water partition coefficient (Wildman–Crippen LogP) is 1.40. The predicted molar refractivity (Wildman–Crippen MR) is 55.1 cm³/mol. The maximum Gasteiger partial charge on any atom is 0.300 e. The molecule has 4 nitrogen and oxygen atoms in total. The zero-order valence-corrected chi connectivity index (χ0v) is 9.23. The van der Waals surface area contributed by atoms with Gasteiger partial charge in [-0.1, -0.05) is 12.8 Å². The van der Waals surface area contributed by atoms with Crippen molar-refractivity contribution in [3.63, 3.8) is 0 Å². The molecule has 0 aliphatic rings. The maximum atomic E-state index is 9.00. The molecule has 14 heavy (non-hydrogen) atoms. The van der Waals surface area contributed by atoms with Gasteiger partial charge in [-0.15, -0.1) is 0 Å². The normalized spacial score (nSPS) is 13.8. The Kier molecular flexibility index (Phi) is 11.9. The number of aliphatic hydroxyl groups excluding tert-OH is 2. The molecule has 0 saturated carbocycles. The lowest BCUT2D eigenvalue weighted by molar-refractivity contribution is -0.134. The number of carboxylic acid groups (broad SMARTS) is 1. The molecule has 0 saturated heterocycles. The first kappa shape index (κ1) is 15.8. The highest BCUT2D eigenvalue weighted by atomic mass is 16.4. The van der Waals surface area contributed by atoms with Gasteiger partial charge in [0.2, 0.25) is 0 Å². The van der Waals surface area contributed by atoms with Gasteiger partial charge in [-0.25, -0.2) is 0 Å². The second kappa shape index (κ2) is 10.5. The second-order valence-electron chi connectivity index (χ2n) is 3.50. The highest BCUT2D eigenvalue weighted by molar-refractivity contribution is 5.62. The Morgan fingerprint density at radius 3 is 1.43 bits per heavy atom. The van der Waals surface area contributed by atoms with Gasteiger partial charge in [-0.2, -0.15) is 0 Å². The zero-order chi connectivity index (χ0) is 11.6. The summed E-state index contributed by atoms with van der Waals surface area (Å²) in [7, 11) is 0. The van der Waals surface area contributed by atoms with Crippen molar-refractivity contribution in [1.29, 1.82) is 0 Å². The zero-order valence-electron chi connectivity index (χ0n) is 9.23. The van der Waals surface area contributed by atoms with E-state index in [2.05, 4.69) is 0 Å². The molecular weight excluding hydrogens is 184 g/mol. The SMILES string of the molecule is CC(=O)O.CC(O)CCCCC(C)O. The molecule has 0 rings (SSSR count). The van der Waals surface area contributed by atoms with Gasteiger partial charge >= 0.3 is 0 Å². The summed E-state index contributed by atoms with van der Waals surface area (Å²) in [5.74, 6) is -0.833. The van der Waals surface area contributed by atoms with E-state index in [-0.39, 0.29) is 12.2 Å². The van der Waals surface area contributed by atoms with E-state index in [4.69, 9.17) is 20.1 Å². The maximum absolute atomic E-state index is 9.00. The van der Waals surface area contributed by atoms with Gasteiger partial charge in [0.1, 0.15) is 0 Å². The van der Waals surface area contributed by atoms with Crippen molar-refractivity contribution < 1.29 is 20.1 Å². The Labute approximate surface area is 85.6 Å². The highest BCUT2D eigenvalue weighted by Gasteiger charge is 1.97. The minimum absolute atomic E-state index is 0.186. The van der Waals surface area contributed by atoms with E-state index in [0.717, 1.165) is 32.6 Å². The van der Waals surface area contributed by atoms with Crippen molar-refractivity contribution in [1.82, 2.24) is 0 Å². The molecule has 0 fully saturated rings. The van der Waals surface area contributed by atoms with Crippen molar-refractivity contribution in [3.8, 4) is 0 Å². The number of carboxylic acids is 1. The first-order valence-electron chi connectivity index (χ1n) is 4.92. The van der Waals surface area contributed by atoms with Crippen molar-refractivity contribution in [2.45, 2.75) is 58.7 Å². The van der Waals surface area contributed by atoms with Crippen molar-refractivity contribution in [2.75, 3.05) is 0 Å². The summed E-state index contributed by atoms with van der Waals surface area (Å²) >= 11 is 0. The van der Waals surface area contributed by atoms with E-state index in [1.165, 1.54) is 0 Å². The lowest BCUT2D eigenvalue weighted by atomic mass is 10.1. The van der Waals surface area contributed by atoms with Crippen LogP contribution in [0.3, 0.4) is 0 Å². The fourth-order valence-electron chi connectivity index (χ4n) is 0.879. The highest BCUT2D eigenvalue weighted by Crippen LogP contribution is 2.04. The molecule has 0 heterocycles. The number of hydrogen-bond donors (Lipinski definition) is 3. The first-order chi connectivity index (χ1) is 6.36. The summed E-state index contributed by atoms with van der Waals surface area (Å²) in [5.41, 5.74) is 0. The molecule has 86 valence electrons. The molecule has 0 aliphatic heterocycles. The molecule has 2 unspecified atom stereocenters. The van der Waals surface area contributed by atoms with Crippen LogP contribution >= 0.6 is 0 Å². The summed E-state index contributed by atoms with van der Waals surface area (Å²) in [4.78, 5) is 9.00. The van der Waals surface area contributed by atoms with Gasteiger partial charge in [-0.3, -0.25) is 4.79 Å². The Balaban J connectivity index is 0. The van der Waals surface area contributed by atoms with E-state index in [9.17, 15) is 0 Å². The molecule has 4 heteroatoms. The first-order valence-corrected chi connectivity index (χ1v) is 4.92. The van der Waals surface area contributed by atoms with Gasteiger partial charge < -0.3 is 15.3 Å². The number of aliphatic carboxylic acids is 1. The number of unbranched alkanes of at least 4 members (excludes halogenated alkanes) is 1. The van der Waals surface area contributed by atoms with Gasteiger partial charge in [0.15, 0.2) is 0 Å². The van der Waals surface area contributed by atoms with Crippen LogP contribution in [0.4, 0.5) is 0 Å². The van der Waals surface area contributed by atoms with Crippen LogP contribution in [-0.4, -0.2) is 33.5 Å². The lowest BCUT2D eigenvalue weighted by Gasteiger charge is -2.04. The van der Waals surface area contributed by atoms with Crippen LogP contribution in [0, 0.1) is 0 Å². The third-order valence-electron chi connectivity index (χ3n) is 1.49. The Bertz CT molecular complexity index is 118. The molecule has 0 radical (unpaired) electrons. The Morgan fingerprint density at radius 1 is 1.07 bits per heavy atom. The van der Waals surface area contributed by atoms with Gasteiger partial charge in [0, 0.05) is 6.92 Å². The molecule has 0 bridgehead atoms. The number of aliphatic hydroxyl groups is 2. The van der Waals surface area contributed by atoms with Crippen LogP contribution in [0.2, 0.25) is 0 Å². The average molecular weight is 206 g/mol. The minimum Gasteiger partial charge on any atom is -0.481 e. The third kappa shape index (κ3) is 30.1. The summed E-state index contributed by atoms with van der Waals surface area (Å²) in [6, 6.07) is 0. The van der Waals surface area contributed by atoms with Gasteiger partial charge in [0.05, 0.1) is 12.2 Å². The molecule has 2 atom stereocenters. The molecule has 0 amide bonds. The van der Waals surface area contributed by atoms with Crippen LogP contribution in [-0.2, 0) is 4.79 Å². The second-order valence-corrected chi connectivity index (χ2v) is 3.50. The van der Waals surface area contributed by atoms with E-state index in [0.29, 0.717) is 0 Å². The fourth-order valence-corrected chi connectivity index (χ4v) is 0.879. The van der Waals surface area contributed by atoms with Gasteiger partial charge in [-0.05, 0) is 26.7 Å². The summed E-state index contributed by atoms with van der Waals surface area (Å²) in [6.45, 7) is 4.67. The van der Waals surface area contributed by atoms with Crippen molar-refractivity contribution >= 4 is 5.97 Å². The molecule has 0 aromatic heterocycles. The van der Waals surface area contributed by atoms with E-state index >= 15 is 0 Å². The number of rotatable bonds is 5. The fraction of sp³-hybridized carbons (Fsp3) is 0.900. The van der Waals surface area contributed by atoms with Gasteiger partial charge in [0.25, 0.3) is 5.97 Å².